The molecule has 1 fully saturated rings. The quantitative estimate of drug-likeness (QED) is 0.441. The third-order valence-electron chi connectivity index (χ3n) is 6.31. The highest BCUT2D eigenvalue weighted by molar-refractivity contribution is 7.80. The Balaban J connectivity index is 1.34. The topological polar surface area (TPSA) is 52.2 Å². The highest BCUT2D eigenvalue weighted by Gasteiger charge is 2.22. The number of aromatic nitrogens is 1. The van der Waals surface area contributed by atoms with Gasteiger partial charge < -0.3 is 20.9 Å². The van der Waals surface area contributed by atoms with Gasteiger partial charge in [-0.3, -0.25) is 0 Å². The summed E-state index contributed by atoms with van der Waals surface area (Å²) in [6, 6.07) is 17.6. The van der Waals surface area contributed by atoms with Crippen LogP contribution in [0, 0.1) is 13.8 Å². The van der Waals surface area contributed by atoms with Crippen molar-refractivity contribution in [1.82, 2.24) is 10.3 Å². The first-order chi connectivity index (χ1) is 15.4. The fraction of sp³-hybridized carbons (Fsp3) is 0.385. The van der Waals surface area contributed by atoms with Crippen LogP contribution in [-0.4, -0.2) is 36.3 Å². The van der Waals surface area contributed by atoms with Crippen molar-refractivity contribution in [2.75, 3.05) is 29.6 Å². The van der Waals surface area contributed by atoms with Crippen LogP contribution >= 0.6 is 12.2 Å². The predicted molar refractivity (Wildman–Crippen MR) is 141 cm³/mol. The van der Waals surface area contributed by atoms with Crippen LogP contribution in [0.3, 0.4) is 0 Å². The molecule has 1 saturated carbocycles. The number of aryl methyl sites for hydroxylation is 2. The van der Waals surface area contributed by atoms with E-state index in [9.17, 15) is 0 Å². The van der Waals surface area contributed by atoms with Gasteiger partial charge in [-0.25, -0.2) is 4.98 Å². The summed E-state index contributed by atoms with van der Waals surface area (Å²) in [7, 11) is 4.16. The van der Waals surface area contributed by atoms with E-state index in [-0.39, 0.29) is 0 Å². The molecule has 4 rings (SSSR count). The number of fused-ring (bicyclic) bond motifs is 1. The fourth-order valence-electron chi connectivity index (χ4n) is 4.54. The van der Waals surface area contributed by atoms with Gasteiger partial charge in [-0.1, -0.05) is 36.4 Å². The zero-order valence-corrected chi connectivity index (χ0v) is 20.2. The number of pyridine rings is 1. The van der Waals surface area contributed by atoms with Crippen LogP contribution < -0.4 is 20.9 Å². The summed E-state index contributed by atoms with van der Waals surface area (Å²) in [6.07, 6.45) is 4.35. The van der Waals surface area contributed by atoms with E-state index in [1.165, 1.54) is 22.2 Å². The number of benzene rings is 2. The molecule has 3 aromatic rings. The number of hydrogen-bond acceptors (Lipinski definition) is 4. The molecule has 1 heterocycles. The van der Waals surface area contributed by atoms with E-state index in [2.05, 4.69) is 91.3 Å². The number of anilines is 3. The first kappa shape index (κ1) is 22.3. The minimum Gasteiger partial charge on any atom is -0.377 e. The van der Waals surface area contributed by atoms with Crippen LogP contribution in [0.25, 0.3) is 10.9 Å². The van der Waals surface area contributed by atoms with Gasteiger partial charge in [-0.05, 0) is 68.9 Å². The van der Waals surface area contributed by atoms with Crippen molar-refractivity contribution in [2.45, 2.75) is 51.6 Å². The average molecular weight is 448 g/mol. The molecule has 3 N–H and O–H groups in total. The Morgan fingerprint density at radius 1 is 0.938 bits per heavy atom. The van der Waals surface area contributed by atoms with Crippen molar-refractivity contribution < 1.29 is 0 Å². The van der Waals surface area contributed by atoms with Crippen LogP contribution in [-0.2, 0) is 0 Å². The summed E-state index contributed by atoms with van der Waals surface area (Å²) in [6.45, 7) is 4.22. The Hall–Kier alpha value is -2.86. The van der Waals surface area contributed by atoms with E-state index in [1.54, 1.807) is 0 Å². The number of nitrogens with one attached hydrogen (secondary N) is 3. The molecule has 5 nitrogen and oxygen atoms in total. The smallest absolute Gasteiger partial charge is 0.171 e. The van der Waals surface area contributed by atoms with E-state index in [0.29, 0.717) is 17.2 Å². The third-order valence-corrected chi connectivity index (χ3v) is 6.53. The standard InChI is InChI=1S/C26H33N5S/c1-17-8-7-9-18(2)25(17)30-26(32)28-20-14-12-19(13-15-20)27-24-16-23(31(3)4)21-10-5-6-11-22(21)29-24/h5-11,16,19-20H,12-15H2,1-4H3,(H,27,29)(H2,28,30,32). The second-order valence-electron chi connectivity index (χ2n) is 9.00. The van der Waals surface area contributed by atoms with Gasteiger partial charge in [0, 0.05) is 49.0 Å². The van der Waals surface area contributed by atoms with Crippen molar-refractivity contribution in [2.24, 2.45) is 0 Å². The lowest BCUT2D eigenvalue weighted by atomic mass is 9.91. The van der Waals surface area contributed by atoms with Gasteiger partial charge in [0.15, 0.2) is 5.11 Å². The number of hydrogen-bond donors (Lipinski definition) is 3. The van der Waals surface area contributed by atoms with E-state index >= 15 is 0 Å². The Labute approximate surface area is 196 Å². The van der Waals surface area contributed by atoms with E-state index in [0.717, 1.165) is 42.7 Å². The molecular weight excluding hydrogens is 414 g/mol. The predicted octanol–water partition coefficient (Wildman–Crippen LogP) is 5.63. The third kappa shape index (κ3) is 5.13. The normalized spacial score (nSPS) is 18.2. The van der Waals surface area contributed by atoms with Gasteiger partial charge >= 0.3 is 0 Å². The molecule has 0 spiro atoms. The summed E-state index contributed by atoms with van der Waals surface area (Å²) in [4.78, 5) is 7.01. The van der Waals surface area contributed by atoms with Crippen LogP contribution in [0.4, 0.5) is 17.2 Å². The lowest BCUT2D eigenvalue weighted by molar-refractivity contribution is 0.388. The molecule has 168 valence electrons. The first-order valence-corrected chi connectivity index (χ1v) is 11.8. The molecule has 1 aliphatic rings. The Kier molecular flexibility index (Phi) is 6.80. The molecule has 0 saturated heterocycles. The molecule has 0 unspecified atom stereocenters. The van der Waals surface area contributed by atoms with Crippen molar-refractivity contribution >= 4 is 45.4 Å². The second-order valence-corrected chi connectivity index (χ2v) is 9.40. The van der Waals surface area contributed by atoms with Crippen LogP contribution in [0.2, 0.25) is 0 Å². The van der Waals surface area contributed by atoms with Gasteiger partial charge in [-0.2, -0.15) is 0 Å². The van der Waals surface area contributed by atoms with E-state index in [4.69, 9.17) is 17.2 Å². The molecule has 32 heavy (non-hydrogen) atoms. The zero-order chi connectivity index (χ0) is 22.7. The SMILES string of the molecule is Cc1cccc(C)c1NC(=S)NC1CCC(Nc2cc(N(C)C)c3ccccc3n2)CC1. The van der Waals surface area contributed by atoms with Crippen LogP contribution in [0.15, 0.2) is 48.5 Å². The highest BCUT2D eigenvalue weighted by Crippen LogP contribution is 2.29. The molecule has 6 heteroatoms. The molecule has 1 aromatic heterocycles. The van der Waals surface area contributed by atoms with Crippen molar-refractivity contribution in [3.63, 3.8) is 0 Å². The molecule has 0 bridgehead atoms. The molecule has 0 aliphatic heterocycles. The molecular formula is C26H33N5S. The maximum Gasteiger partial charge on any atom is 0.171 e. The lowest BCUT2D eigenvalue weighted by Gasteiger charge is -2.31. The summed E-state index contributed by atoms with van der Waals surface area (Å²) >= 11 is 5.60. The highest BCUT2D eigenvalue weighted by atomic mass is 32.1. The first-order valence-electron chi connectivity index (χ1n) is 11.4. The maximum atomic E-state index is 5.60. The summed E-state index contributed by atoms with van der Waals surface area (Å²) in [5.41, 5.74) is 5.75. The van der Waals surface area contributed by atoms with Crippen molar-refractivity contribution in [3.05, 3.63) is 59.7 Å². The minimum atomic E-state index is 0.402. The molecule has 2 aromatic carbocycles. The second kappa shape index (κ2) is 9.74. The average Bonchev–Trinajstić information content (AvgIpc) is 2.77. The summed E-state index contributed by atoms with van der Waals surface area (Å²) in [5.74, 6) is 0.955. The van der Waals surface area contributed by atoms with Gasteiger partial charge in [0.25, 0.3) is 0 Å². The number of rotatable bonds is 5. The largest absolute Gasteiger partial charge is 0.377 e. The van der Waals surface area contributed by atoms with Crippen molar-refractivity contribution in [1.29, 1.82) is 0 Å². The number of nitrogens with zero attached hydrogens (tertiary/aromatic N) is 2. The lowest BCUT2D eigenvalue weighted by Crippen LogP contribution is -2.42. The molecule has 0 atom stereocenters. The van der Waals surface area contributed by atoms with Crippen LogP contribution in [0.5, 0.6) is 0 Å². The van der Waals surface area contributed by atoms with E-state index < -0.39 is 0 Å². The van der Waals surface area contributed by atoms with Crippen molar-refractivity contribution in [3.8, 4) is 0 Å². The minimum absolute atomic E-state index is 0.402. The van der Waals surface area contributed by atoms with Gasteiger partial charge in [0.1, 0.15) is 5.82 Å². The molecule has 1 aliphatic carbocycles. The Morgan fingerprint density at radius 3 is 2.28 bits per heavy atom. The molecule has 0 radical (unpaired) electrons. The molecule has 0 amide bonds. The number of thiocarbonyl (C=S) groups is 1. The summed E-state index contributed by atoms with van der Waals surface area (Å²) in [5, 5.41) is 12.5. The summed E-state index contributed by atoms with van der Waals surface area (Å²) < 4.78 is 0. The Bertz CT molecular complexity index is 1080. The Morgan fingerprint density at radius 2 is 1.59 bits per heavy atom. The zero-order valence-electron chi connectivity index (χ0n) is 19.4. The van der Waals surface area contributed by atoms with Gasteiger partial charge in [-0.15, -0.1) is 0 Å². The van der Waals surface area contributed by atoms with Gasteiger partial charge in [0.2, 0.25) is 0 Å². The van der Waals surface area contributed by atoms with E-state index in [1.807, 2.05) is 6.07 Å². The monoisotopic (exact) mass is 447 g/mol. The number of para-hydroxylation sites is 2. The maximum absolute atomic E-state index is 5.60. The van der Waals surface area contributed by atoms with Gasteiger partial charge in [0.05, 0.1) is 5.52 Å². The van der Waals surface area contributed by atoms with Crippen LogP contribution in [0.1, 0.15) is 36.8 Å². The fourth-order valence-corrected chi connectivity index (χ4v) is 4.81.